The highest BCUT2D eigenvalue weighted by Crippen LogP contribution is 2.11. The third-order valence-corrected chi connectivity index (χ3v) is 2.36. The van der Waals surface area contributed by atoms with Gasteiger partial charge in [0.25, 0.3) is 0 Å². The van der Waals surface area contributed by atoms with Crippen molar-refractivity contribution in [2.75, 3.05) is 0 Å². The molecule has 1 nitrogen and oxygen atoms in total. The van der Waals surface area contributed by atoms with Crippen molar-refractivity contribution in [1.29, 1.82) is 5.26 Å². The van der Waals surface area contributed by atoms with Gasteiger partial charge in [0.05, 0.1) is 6.07 Å². The van der Waals surface area contributed by atoms with E-state index in [1.165, 1.54) is 32.1 Å². The van der Waals surface area contributed by atoms with Gasteiger partial charge in [0, 0.05) is 0 Å². The van der Waals surface area contributed by atoms with E-state index in [-0.39, 0.29) is 4.83 Å². The van der Waals surface area contributed by atoms with Gasteiger partial charge in [0.1, 0.15) is 4.83 Å². The van der Waals surface area contributed by atoms with Crippen molar-refractivity contribution in [3.63, 3.8) is 0 Å². The molecule has 0 saturated heterocycles. The van der Waals surface area contributed by atoms with Gasteiger partial charge in [-0.15, -0.1) is 0 Å². The van der Waals surface area contributed by atoms with E-state index in [1.807, 2.05) is 0 Å². The maximum atomic E-state index is 8.44. The van der Waals surface area contributed by atoms with Crippen LogP contribution in [0.25, 0.3) is 0 Å². The summed E-state index contributed by atoms with van der Waals surface area (Å²) in [7, 11) is 0. The number of unbranched alkanes of at least 4 members (excludes halogenated alkanes) is 4. The van der Waals surface area contributed by atoms with Crippen molar-refractivity contribution in [3.05, 3.63) is 0 Å². The van der Waals surface area contributed by atoms with Crippen LogP contribution in [0.2, 0.25) is 0 Å². The Bertz CT molecular complexity index is 117. The van der Waals surface area contributed by atoms with Crippen LogP contribution < -0.4 is 0 Å². The summed E-state index contributed by atoms with van der Waals surface area (Å²) in [5.41, 5.74) is 0. The van der Waals surface area contributed by atoms with Crippen molar-refractivity contribution in [1.82, 2.24) is 0 Å². The molecule has 0 heterocycles. The molecule has 0 amide bonds. The van der Waals surface area contributed by atoms with E-state index < -0.39 is 0 Å². The molecule has 0 N–H and O–H groups in total. The van der Waals surface area contributed by atoms with E-state index in [0.29, 0.717) is 0 Å². The van der Waals surface area contributed by atoms with Crippen LogP contribution in [0.15, 0.2) is 0 Å². The van der Waals surface area contributed by atoms with Crippen molar-refractivity contribution in [2.24, 2.45) is 0 Å². The van der Waals surface area contributed by atoms with Crippen LogP contribution in [0.4, 0.5) is 0 Å². The number of hydrogen-bond donors (Lipinski definition) is 0. The first-order chi connectivity index (χ1) is 5.31. The lowest BCUT2D eigenvalue weighted by molar-refractivity contribution is 0.617. The summed E-state index contributed by atoms with van der Waals surface area (Å²) >= 11 is 3.28. The Balaban J connectivity index is 2.97. The number of hydrogen-bond acceptors (Lipinski definition) is 1. The lowest BCUT2D eigenvalue weighted by atomic mass is 10.1. The molecule has 1 unspecified atom stereocenters. The fraction of sp³-hybridized carbons (Fsp3) is 0.889. The Morgan fingerprint density at radius 1 is 1.27 bits per heavy atom. The van der Waals surface area contributed by atoms with Crippen LogP contribution in [0.1, 0.15) is 45.4 Å². The van der Waals surface area contributed by atoms with E-state index in [4.69, 9.17) is 5.26 Å². The summed E-state index contributed by atoms with van der Waals surface area (Å²) in [6.07, 6.45) is 7.40. The van der Waals surface area contributed by atoms with Crippen LogP contribution in [0.5, 0.6) is 0 Å². The minimum atomic E-state index is 0.0733. The van der Waals surface area contributed by atoms with Gasteiger partial charge in [0.15, 0.2) is 0 Å². The van der Waals surface area contributed by atoms with Crippen LogP contribution in [-0.4, -0.2) is 4.83 Å². The maximum absolute atomic E-state index is 8.44. The minimum absolute atomic E-state index is 0.0733. The first-order valence-electron chi connectivity index (χ1n) is 4.35. The number of halogens is 1. The molecule has 0 saturated carbocycles. The largest absolute Gasteiger partial charge is 0.197 e. The highest BCUT2D eigenvalue weighted by atomic mass is 79.9. The van der Waals surface area contributed by atoms with Gasteiger partial charge in [-0.1, -0.05) is 55.0 Å². The topological polar surface area (TPSA) is 23.8 Å². The predicted octanol–water partition coefficient (Wildman–Crippen LogP) is 3.63. The Labute approximate surface area is 77.9 Å². The number of alkyl halides is 1. The molecular formula is C9H16BrN. The van der Waals surface area contributed by atoms with Gasteiger partial charge in [-0.3, -0.25) is 0 Å². The molecule has 0 aromatic carbocycles. The predicted molar refractivity (Wildman–Crippen MR) is 51.7 cm³/mol. The molecule has 0 aliphatic heterocycles. The van der Waals surface area contributed by atoms with Gasteiger partial charge >= 0.3 is 0 Å². The second-order valence-corrected chi connectivity index (χ2v) is 3.90. The fourth-order valence-corrected chi connectivity index (χ4v) is 1.32. The molecular weight excluding hydrogens is 202 g/mol. The Morgan fingerprint density at radius 3 is 2.45 bits per heavy atom. The molecule has 0 aliphatic rings. The molecule has 11 heavy (non-hydrogen) atoms. The van der Waals surface area contributed by atoms with E-state index in [0.717, 1.165) is 6.42 Å². The fourth-order valence-electron chi connectivity index (χ4n) is 0.992. The first-order valence-corrected chi connectivity index (χ1v) is 5.26. The normalized spacial score (nSPS) is 12.5. The summed E-state index contributed by atoms with van der Waals surface area (Å²) < 4.78 is 0. The number of rotatable bonds is 6. The first kappa shape index (κ1) is 11.0. The zero-order chi connectivity index (χ0) is 8.53. The summed E-state index contributed by atoms with van der Waals surface area (Å²) in [5.74, 6) is 0. The van der Waals surface area contributed by atoms with Crippen LogP contribution >= 0.6 is 15.9 Å². The van der Waals surface area contributed by atoms with Crippen molar-refractivity contribution < 1.29 is 0 Å². The second-order valence-electron chi connectivity index (χ2n) is 2.80. The van der Waals surface area contributed by atoms with Crippen molar-refractivity contribution in [2.45, 2.75) is 50.3 Å². The SMILES string of the molecule is CCCCCCCC(Br)C#N. The quantitative estimate of drug-likeness (QED) is 0.493. The third-order valence-electron chi connectivity index (χ3n) is 1.70. The zero-order valence-corrected chi connectivity index (χ0v) is 8.73. The molecule has 64 valence electrons. The lowest BCUT2D eigenvalue weighted by Gasteiger charge is -1.99. The Hall–Kier alpha value is -0.0300. The highest BCUT2D eigenvalue weighted by molar-refractivity contribution is 9.09. The van der Waals surface area contributed by atoms with Gasteiger partial charge in [-0.2, -0.15) is 5.26 Å². The third kappa shape index (κ3) is 7.87. The van der Waals surface area contributed by atoms with Gasteiger partial charge in [0.2, 0.25) is 0 Å². The average molecular weight is 218 g/mol. The monoisotopic (exact) mass is 217 g/mol. The minimum Gasteiger partial charge on any atom is -0.197 e. The van der Waals surface area contributed by atoms with Crippen LogP contribution in [0, 0.1) is 11.3 Å². The average Bonchev–Trinajstić information content (AvgIpc) is 2.04. The smallest absolute Gasteiger partial charge is 0.101 e. The number of nitriles is 1. The molecule has 1 atom stereocenters. The summed E-state index contributed by atoms with van der Waals surface area (Å²) in [6, 6.07) is 2.17. The summed E-state index contributed by atoms with van der Waals surface area (Å²) in [5, 5.41) is 8.44. The van der Waals surface area contributed by atoms with E-state index in [1.54, 1.807) is 0 Å². The molecule has 0 aromatic rings. The van der Waals surface area contributed by atoms with Crippen LogP contribution in [-0.2, 0) is 0 Å². The standard InChI is InChI=1S/C9H16BrN/c1-2-3-4-5-6-7-9(10)8-11/h9H,2-7H2,1H3. The second kappa shape index (κ2) is 8.07. The summed E-state index contributed by atoms with van der Waals surface area (Å²) in [4.78, 5) is 0.0733. The lowest BCUT2D eigenvalue weighted by Crippen LogP contribution is -1.91. The molecule has 0 rings (SSSR count). The van der Waals surface area contributed by atoms with Crippen molar-refractivity contribution in [3.8, 4) is 6.07 Å². The van der Waals surface area contributed by atoms with Gasteiger partial charge in [-0.25, -0.2) is 0 Å². The van der Waals surface area contributed by atoms with Gasteiger partial charge in [-0.05, 0) is 6.42 Å². The van der Waals surface area contributed by atoms with E-state index in [2.05, 4.69) is 28.9 Å². The highest BCUT2D eigenvalue weighted by Gasteiger charge is 1.99. The molecule has 2 heteroatoms. The molecule has 0 radical (unpaired) electrons. The number of nitrogens with zero attached hydrogens (tertiary/aromatic N) is 1. The maximum Gasteiger partial charge on any atom is 0.101 e. The molecule has 0 fully saturated rings. The summed E-state index contributed by atoms with van der Waals surface area (Å²) in [6.45, 7) is 2.21. The Kier molecular flexibility index (Phi) is 8.05. The molecule has 0 spiro atoms. The molecule has 0 aromatic heterocycles. The van der Waals surface area contributed by atoms with Gasteiger partial charge < -0.3 is 0 Å². The van der Waals surface area contributed by atoms with E-state index in [9.17, 15) is 0 Å². The molecule has 0 bridgehead atoms. The van der Waals surface area contributed by atoms with Crippen LogP contribution in [0.3, 0.4) is 0 Å². The zero-order valence-electron chi connectivity index (χ0n) is 7.15. The van der Waals surface area contributed by atoms with Crippen molar-refractivity contribution >= 4 is 15.9 Å². The molecule has 0 aliphatic carbocycles. The Morgan fingerprint density at radius 2 is 1.91 bits per heavy atom. The van der Waals surface area contributed by atoms with E-state index >= 15 is 0 Å².